The molecule has 0 saturated heterocycles. The zero-order valence-electron chi connectivity index (χ0n) is 11.7. The minimum absolute atomic E-state index is 0.0892. The van der Waals surface area contributed by atoms with E-state index in [1.165, 1.54) is 0 Å². The van der Waals surface area contributed by atoms with Crippen LogP contribution in [0.4, 0.5) is 5.69 Å². The molecule has 5 heteroatoms. The van der Waals surface area contributed by atoms with Gasteiger partial charge >= 0.3 is 0 Å². The first-order valence-corrected chi connectivity index (χ1v) is 6.78. The molecule has 0 aliphatic rings. The Labute approximate surface area is 127 Å². The number of hydrogen-bond acceptors (Lipinski definition) is 4. The van der Waals surface area contributed by atoms with Crippen molar-refractivity contribution >= 4 is 11.6 Å². The zero-order valence-corrected chi connectivity index (χ0v) is 11.7. The lowest BCUT2D eigenvalue weighted by atomic mass is 10.1. The highest BCUT2D eigenvalue weighted by molar-refractivity contribution is 6.02. The summed E-state index contributed by atoms with van der Waals surface area (Å²) >= 11 is 0. The molecule has 3 rings (SSSR count). The molecule has 1 amide bonds. The lowest BCUT2D eigenvalue weighted by molar-refractivity contribution is 0.0997. The van der Waals surface area contributed by atoms with E-state index in [4.69, 9.17) is 4.42 Å². The highest BCUT2D eigenvalue weighted by Gasteiger charge is 2.14. The van der Waals surface area contributed by atoms with Gasteiger partial charge in [-0.05, 0) is 29.8 Å². The third-order valence-electron chi connectivity index (χ3n) is 3.20. The van der Waals surface area contributed by atoms with E-state index in [0.29, 0.717) is 11.4 Å². The Hall–Kier alpha value is -2.92. The smallest absolute Gasteiger partial charge is 0.291 e. The molecular weight excluding hydrogens is 280 g/mol. The maximum atomic E-state index is 12.1. The summed E-state index contributed by atoms with van der Waals surface area (Å²) in [7, 11) is 0. The van der Waals surface area contributed by atoms with Crippen molar-refractivity contribution in [3.63, 3.8) is 0 Å². The molecular formula is C17H14N2O3. The number of aliphatic hydroxyl groups excluding tert-OH is 1. The average molecular weight is 294 g/mol. The minimum Gasteiger partial charge on any atom is -0.451 e. The summed E-state index contributed by atoms with van der Waals surface area (Å²) in [4.78, 5) is 16.1. The van der Waals surface area contributed by atoms with E-state index in [-0.39, 0.29) is 18.3 Å². The molecule has 0 radical (unpaired) electrons. The predicted molar refractivity (Wildman–Crippen MR) is 82.3 cm³/mol. The minimum atomic E-state index is -0.347. The summed E-state index contributed by atoms with van der Waals surface area (Å²) in [6.45, 7) is -0.0892. The number of aliphatic hydroxyl groups is 1. The number of aromatic nitrogens is 1. The fraction of sp³-hybridized carbons (Fsp3) is 0.0588. The van der Waals surface area contributed by atoms with Crippen LogP contribution in [0.1, 0.15) is 16.1 Å². The van der Waals surface area contributed by atoms with Crippen LogP contribution in [-0.2, 0) is 6.61 Å². The van der Waals surface area contributed by atoms with Crippen LogP contribution in [0, 0.1) is 0 Å². The molecule has 0 saturated carbocycles. The van der Waals surface area contributed by atoms with E-state index < -0.39 is 0 Å². The lowest BCUT2D eigenvalue weighted by Crippen LogP contribution is -2.10. The predicted octanol–water partition coefficient (Wildman–Crippen LogP) is 3.09. The van der Waals surface area contributed by atoms with Gasteiger partial charge in [0.05, 0.1) is 18.5 Å². The van der Waals surface area contributed by atoms with Gasteiger partial charge in [-0.1, -0.05) is 24.3 Å². The maximum absolute atomic E-state index is 12.1. The molecule has 0 bridgehead atoms. The van der Waals surface area contributed by atoms with Crippen molar-refractivity contribution in [3.05, 3.63) is 72.2 Å². The summed E-state index contributed by atoms with van der Waals surface area (Å²) in [6.07, 6.45) is 3.19. The van der Waals surface area contributed by atoms with Crippen LogP contribution in [0.3, 0.4) is 0 Å². The second-order valence-corrected chi connectivity index (χ2v) is 4.67. The van der Waals surface area contributed by atoms with Crippen molar-refractivity contribution < 1.29 is 14.3 Å². The highest BCUT2D eigenvalue weighted by atomic mass is 16.4. The summed E-state index contributed by atoms with van der Waals surface area (Å²) in [5.74, 6) is 0.397. The van der Waals surface area contributed by atoms with Crippen molar-refractivity contribution in [3.8, 4) is 11.3 Å². The van der Waals surface area contributed by atoms with Crippen LogP contribution in [0.25, 0.3) is 11.3 Å². The number of amides is 1. The number of pyridine rings is 1. The number of benzene rings is 1. The number of nitrogens with one attached hydrogen (secondary N) is 1. The van der Waals surface area contributed by atoms with Crippen LogP contribution < -0.4 is 5.32 Å². The quantitative estimate of drug-likeness (QED) is 0.775. The van der Waals surface area contributed by atoms with E-state index in [1.807, 2.05) is 24.3 Å². The van der Waals surface area contributed by atoms with E-state index in [0.717, 1.165) is 11.1 Å². The third kappa shape index (κ3) is 2.89. The van der Waals surface area contributed by atoms with Crippen molar-refractivity contribution in [2.75, 3.05) is 5.32 Å². The molecule has 2 N–H and O–H groups in total. The number of furan rings is 1. The molecule has 2 aromatic heterocycles. The van der Waals surface area contributed by atoms with Crippen molar-refractivity contribution in [2.24, 2.45) is 0 Å². The van der Waals surface area contributed by atoms with Crippen LogP contribution in [0.5, 0.6) is 0 Å². The molecule has 0 atom stereocenters. The number of carbonyl (C=O) groups excluding carboxylic acids is 1. The first-order chi connectivity index (χ1) is 10.8. The first-order valence-electron chi connectivity index (χ1n) is 6.78. The normalized spacial score (nSPS) is 10.4. The molecule has 0 spiro atoms. The van der Waals surface area contributed by atoms with Gasteiger partial charge in [0.25, 0.3) is 5.91 Å². The van der Waals surface area contributed by atoms with Crippen LogP contribution in [0.15, 0.2) is 65.3 Å². The van der Waals surface area contributed by atoms with Gasteiger partial charge in [-0.25, -0.2) is 0 Å². The number of carbonyl (C=O) groups is 1. The first kappa shape index (κ1) is 14.0. The molecule has 1 aromatic carbocycles. The fourth-order valence-corrected chi connectivity index (χ4v) is 2.13. The van der Waals surface area contributed by atoms with Crippen LogP contribution >= 0.6 is 0 Å². The van der Waals surface area contributed by atoms with E-state index in [2.05, 4.69) is 10.3 Å². The molecule has 22 heavy (non-hydrogen) atoms. The Balaban J connectivity index is 1.83. The van der Waals surface area contributed by atoms with Crippen molar-refractivity contribution in [1.82, 2.24) is 4.98 Å². The molecule has 5 nitrogen and oxygen atoms in total. The van der Waals surface area contributed by atoms with Gasteiger partial charge in [0.2, 0.25) is 0 Å². The number of anilines is 1. The maximum Gasteiger partial charge on any atom is 0.291 e. The summed E-state index contributed by atoms with van der Waals surface area (Å²) in [6, 6.07) is 14.2. The van der Waals surface area contributed by atoms with Gasteiger partial charge in [0.15, 0.2) is 5.76 Å². The fourth-order valence-electron chi connectivity index (χ4n) is 2.13. The van der Waals surface area contributed by atoms with Gasteiger partial charge in [0, 0.05) is 11.8 Å². The molecule has 0 fully saturated rings. The Morgan fingerprint density at radius 2 is 2.00 bits per heavy atom. The Morgan fingerprint density at radius 1 is 1.14 bits per heavy atom. The monoisotopic (exact) mass is 294 g/mol. The molecule has 0 aliphatic heterocycles. The molecule has 0 aliphatic carbocycles. The van der Waals surface area contributed by atoms with Gasteiger partial charge in [-0.15, -0.1) is 0 Å². The molecule has 110 valence electrons. The Morgan fingerprint density at radius 3 is 2.77 bits per heavy atom. The van der Waals surface area contributed by atoms with E-state index in [9.17, 15) is 9.90 Å². The molecule has 3 aromatic rings. The summed E-state index contributed by atoms with van der Waals surface area (Å²) < 4.78 is 5.60. The zero-order chi connectivity index (χ0) is 15.4. The third-order valence-corrected chi connectivity index (χ3v) is 3.20. The Kier molecular flexibility index (Phi) is 3.98. The van der Waals surface area contributed by atoms with Gasteiger partial charge in [-0.3, -0.25) is 9.78 Å². The Bertz CT molecular complexity index is 781. The SMILES string of the molecule is O=C(Nc1cccnc1)c1ccc(-c2ccccc2CO)o1. The average Bonchev–Trinajstić information content (AvgIpc) is 3.05. The van der Waals surface area contributed by atoms with Crippen LogP contribution in [0.2, 0.25) is 0 Å². The number of nitrogens with zero attached hydrogens (tertiary/aromatic N) is 1. The van der Waals surface area contributed by atoms with Crippen molar-refractivity contribution in [2.45, 2.75) is 6.61 Å². The van der Waals surface area contributed by atoms with Crippen LogP contribution in [-0.4, -0.2) is 16.0 Å². The summed E-state index contributed by atoms with van der Waals surface area (Å²) in [5.41, 5.74) is 2.11. The number of hydrogen-bond donors (Lipinski definition) is 2. The largest absolute Gasteiger partial charge is 0.451 e. The second kappa shape index (κ2) is 6.24. The van der Waals surface area contributed by atoms with Gasteiger partial charge in [-0.2, -0.15) is 0 Å². The number of rotatable bonds is 4. The highest BCUT2D eigenvalue weighted by Crippen LogP contribution is 2.26. The van der Waals surface area contributed by atoms with E-state index in [1.54, 1.807) is 36.7 Å². The second-order valence-electron chi connectivity index (χ2n) is 4.67. The van der Waals surface area contributed by atoms with Crippen molar-refractivity contribution in [1.29, 1.82) is 0 Å². The topological polar surface area (TPSA) is 75.4 Å². The van der Waals surface area contributed by atoms with E-state index >= 15 is 0 Å². The molecule has 0 unspecified atom stereocenters. The lowest BCUT2D eigenvalue weighted by Gasteiger charge is -2.04. The molecule has 2 heterocycles. The van der Waals surface area contributed by atoms with Gasteiger partial charge < -0.3 is 14.8 Å². The van der Waals surface area contributed by atoms with Gasteiger partial charge in [0.1, 0.15) is 5.76 Å². The standard InChI is InChI=1S/C17H14N2O3/c20-11-12-4-1-2-6-14(12)15-7-8-16(22-15)17(21)19-13-5-3-9-18-10-13/h1-10,20H,11H2,(H,19,21). The summed E-state index contributed by atoms with van der Waals surface area (Å²) in [5, 5.41) is 12.1.